The van der Waals surface area contributed by atoms with E-state index in [1.54, 1.807) is 11.3 Å². The molecule has 2 aromatic heterocycles. The summed E-state index contributed by atoms with van der Waals surface area (Å²) in [6.45, 7) is 3.95. The smallest absolute Gasteiger partial charge is 0.0897 e. The van der Waals surface area contributed by atoms with Gasteiger partial charge in [-0.15, -0.1) is 11.3 Å². The van der Waals surface area contributed by atoms with Gasteiger partial charge in [-0.3, -0.25) is 0 Å². The van der Waals surface area contributed by atoms with Crippen LogP contribution in [-0.2, 0) is 13.1 Å². The fourth-order valence-corrected chi connectivity index (χ4v) is 3.49. The molecule has 1 aliphatic rings. The topological polar surface area (TPSA) is 29.9 Å². The van der Waals surface area contributed by atoms with Gasteiger partial charge in [0.05, 0.1) is 11.6 Å². The summed E-state index contributed by atoms with van der Waals surface area (Å²) in [7, 11) is 0. The van der Waals surface area contributed by atoms with E-state index >= 15 is 0 Å². The Balaban J connectivity index is 1.56. The minimum absolute atomic E-state index is 0.764. The van der Waals surface area contributed by atoms with E-state index in [1.807, 2.05) is 6.20 Å². The number of nitrogens with one attached hydrogen (secondary N) is 1. The van der Waals surface area contributed by atoms with Crippen molar-refractivity contribution in [2.45, 2.75) is 38.9 Å². The van der Waals surface area contributed by atoms with Gasteiger partial charge in [0.25, 0.3) is 0 Å². The van der Waals surface area contributed by atoms with Crippen LogP contribution in [0.15, 0.2) is 36.7 Å². The molecule has 0 amide bonds. The van der Waals surface area contributed by atoms with Crippen LogP contribution in [0, 0.1) is 6.92 Å². The highest BCUT2D eigenvalue weighted by molar-refractivity contribution is 7.11. The van der Waals surface area contributed by atoms with Crippen LogP contribution in [0.1, 0.15) is 28.3 Å². The number of thiazole rings is 1. The Labute approximate surface area is 128 Å². The number of fused-ring (bicyclic) bond motifs is 1. The Morgan fingerprint density at radius 3 is 3.00 bits per heavy atom. The van der Waals surface area contributed by atoms with Crippen molar-refractivity contribution in [3.8, 4) is 0 Å². The molecule has 108 valence electrons. The van der Waals surface area contributed by atoms with E-state index in [2.05, 4.69) is 52.3 Å². The van der Waals surface area contributed by atoms with Gasteiger partial charge >= 0.3 is 0 Å². The van der Waals surface area contributed by atoms with Gasteiger partial charge in [-0.1, -0.05) is 6.07 Å². The number of benzene rings is 1. The Bertz CT molecular complexity index is 767. The van der Waals surface area contributed by atoms with Crippen LogP contribution in [-0.4, -0.2) is 15.6 Å². The molecule has 0 saturated heterocycles. The van der Waals surface area contributed by atoms with E-state index in [0.717, 1.165) is 24.1 Å². The SMILES string of the molecule is Cc1ncc(Cn2ccc3cc(CNC4CC4)ccc32)s1. The molecule has 3 nitrogen and oxygen atoms in total. The van der Waals surface area contributed by atoms with E-state index in [4.69, 9.17) is 0 Å². The van der Waals surface area contributed by atoms with Crippen molar-refractivity contribution in [1.82, 2.24) is 14.9 Å². The average molecular weight is 297 g/mol. The number of hydrogen-bond acceptors (Lipinski definition) is 3. The standard InChI is InChI=1S/C17H19N3S/c1-12-18-10-16(21-12)11-20-7-6-14-8-13(2-5-17(14)20)9-19-15-3-4-15/h2,5-8,10,15,19H,3-4,9,11H2,1H3. The molecule has 0 radical (unpaired) electrons. The minimum atomic E-state index is 0.764. The van der Waals surface area contributed by atoms with Gasteiger partial charge in [-0.25, -0.2) is 4.98 Å². The van der Waals surface area contributed by atoms with E-state index < -0.39 is 0 Å². The highest BCUT2D eigenvalue weighted by atomic mass is 32.1. The first-order valence-electron chi connectivity index (χ1n) is 7.50. The molecule has 0 aliphatic heterocycles. The molecule has 21 heavy (non-hydrogen) atoms. The van der Waals surface area contributed by atoms with Crippen molar-refractivity contribution < 1.29 is 0 Å². The summed E-state index contributed by atoms with van der Waals surface area (Å²) in [4.78, 5) is 5.64. The zero-order chi connectivity index (χ0) is 14.2. The number of hydrogen-bond donors (Lipinski definition) is 1. The lowest BCUT2D eigenvalue weighted by atomic mass is 10.1. The fourth-order valence-electron chi connectivity index (χ4n) is 2.69. The molecule has 0 unspecified atom stereocenters. The van der Waals surface area contributed by atoms with Gasteiger partial charge in [-0.05, 0) is 48.9 Å². The lowest BCUT2D eigenvalue weighted by molar-refractivity contribution is 0.688. The highest BCUT2D eigenvalue weighted by Gasteiger charge is 2.19. The third-order valence-electron chi connectivity index (χ3n) is 4.00. The maximum absolute atomic E-state index is 4.33. The first-order valence-corrected chi connectivity index (χ1v) is 8.32. The van der Waals surface area contributed by atoms with Gasteiger partial charge in [-0.2, -0.15) is 0 Å². The molecule has 1 saturated carbocycles. The average Bonchev–Trinajstić information content (AvgIpc) is 3.11. The second-order valence-electron chi connectivity index (χ2n) is 5.84. The highest BCUT2D eigenvalue weighted by Crippen LogP contribution is 2.22. The Hall–Kier alpha value is -1.65. The molecule has 1 fully saturated rings. The Morgan fingerprint density at radius 1 is 1.33 bits per heavy atom. The van der Waals surface area contributed by atoms with Crippen molar-refractivity contribution in [2.75, 3.05) is 0 Å². The first-order chi connectivity index (χ1) is 10.3. The van der Waals surface area contributed by atoms with E-state index in [9.17, 15) is 0 Å². The van der Waals surface area contributed by atoms with Crippen LogP contribution in [0.3, 0.4) is 0 Å². The van der Waals surface area contributed by atoms with Gasteiger partial charge < -0.3 is 9.88 Å². The zero-order valence-electron chi connectivity index (χ0n) is 12.2. The molecule has 4 rings (SSSR count). The molecule has 0 bridgehead atoms. The lowest BCUT2D eigenvalue weighted by Gasteiger charge is -2.06. The molecule has 4 heteroatoms. The van der Waals surface area contributed by atoms with Crippen LogP contribution in [0.4, 0.5) is 0 Å². The number of aromatic nitrogens is 2. The van der Waals surface area contributed by atoms with Crippen molar-refractivity contribution in [1.29, 1.82) is 0 Å². The summed E-state index contributed by atoms with van der Waals surface area (Å²) in [6.07, 6.45) is 6.84. The van der Waals surface area contributed by atoms with E-state index in [1.165, 1.54) is 34.2 Å². The fraction of sp³-hybridized carbons (Fsp3) is 0.353. The number of aryl methyl sites for hydroxylation is 1. The van der Waals surface area contributed by atoms with Crippen molar-refractivity contribution in [3.63, 3.8) is 0 Å². The van der Waals surface area contributed by atoms with Crippen LogP contribution in [0.25, 0.3) is 10.9 Å². The zero-order valence-corrected chi connectivity index (χ0v) is 13.0. The summed E-state index contributed by atoms with van der Waals surface area (Å²) >= 11 is 1.77. The maximum atomic E-state index is 4.33. The van der Waals surface area contributed by atoms with Crippen LogP contribution in [0.2, 0.25) is 0 Å². The monoisotopic (exact) mass is 297 g/mol. The maximum Gasteiger partial charge on any atom is 0.0897 e. The van der Waals surface area contributed by atoms with Crippen LogP contribution < -0.4 is 5.32 Å². The first kappa shape index (κ1) is 13.0. The molecular weight excluding hydrogens is 278 g/mol. The summed E-state index contributed by atoms with van der Waals surface area (Å²) in [5, 5.41) is 6.03. The van der Waals surface area contributed by atoms with Crippen LogP contribution in [0.5, 0.6) is 0 Å². The minimum Gasteiger partial charge on any atom is -0.342 e. The molecule has 1 aliphatic carbocycles. The molecular formula is C17H19N3S. The van der Waals surface area contributed by atoms with Gasteiger partial charge in [0.15, 0.2) is 0 Å². The third kappa shape index (κ3) is 2.87. The van der Waals surface area contributed by atoms with Gasteiger partial charge in [0.1, 0.15) is 0 Å². The second-order valence-corrected chi connectivity index (χ2v) is 7.16. The summed E-state index contributed by atoms with van der Waals surface area (Å²) in [5.41, 5.74) is 2.68. The molecule has 1 aromatic carbocycles. The summed E-state index contributed by atoms with van der Waals surface area (Å²) in [5.74, 6) is 0. The van der Waals surface area contributed by atoms with Gasteiger partial charge in [0, 0.05) is 35.4 Å². The van der Waals surface area contributed by atoms with E-state index in [-0.39, 0.29) is 0 Å². The third-order valence-corrected chi connectivity index (χ3v) is 4.90. The molecule has 1 N–H and O–H groups in total. The van der Waals surface area contributed by atoms with E-state index in [0.29, 0.717) is 0 Å². The normalized spacial score (nSPS) is 14.9. The molecule has 3 aromatic rings. The predicted molar refractivity (Wildman–Crippen MR) is 87.8 cm³/mol. The quantitative estimate of drug-likeness (QED) is 0.778. The number of nitrogens with zero attached hydrogens (tertiary/aromatic N) is 2. The summed E-state index contributed by atoms with van der Waals surface area (Å²) < 4.78 is 2.31. The molecule has 0 atom stereocenters. The summed E-state index contributed by atoms with van der Waals surface area (Å²) in [6, 6.07) is 9.77. The second kappa shape index (κ2) is 5.28. The molecule has 2 heterocycles. The predicted octanol–water partition coefficient (Wildman–Crippen LogP) is 3.71. The lowest BCUT2D eigenvalue weighted by Crippen LogP contribution is -2.15. The van der Waals surface area contributed by atoms with Gasteiger partial charge in [0.2, 0.25) is 0 Å². The van der Waals surface area contributed by atoms with Crippen molar-refractivity contribution in [2.24, 2.45) is 0 Å². The largest absolute Gasteiger partial charge is 0.342 e. The van der Waals surface area contributed by atoms with Crippen LogP contribution >= 0.6 is 11.3 Å². The molecule has 0 spiro atoms. The number of rotatable bonds is 5. The van der Waals surface area contributed by atoms with Crippen molar-refractivity contribution in [3.05, 3.63) is 52.1 Å². The Morgan fingerprint density at radius 2 is 2.24 bits per heavy atom. The Kier molecular flexibility index (Phi) is 3.28. The van der Waals surface area contributed by atoms with Crippen molar-refractivity contribution >= 4 is 22.2 Å².